The third-order valence-electron chi connectivity index (χ3n) is 5.22. The van der Waals surface area contributed by atoms with Gasteiger partial charge in [-0.2, -0.15) is 5.26 Å². The van der Waals surface area contributed by atoms with Crippen molar-refractivity contribution >= 4 is 38.7 Å². The van der Waals surface area contributed by atoms with E-state index in [-0.39, 0.29) is 5.91 Å². The standard InChI is InChI=1S/C19H23N5OS2/c20-13-15-14-3-1-4-16(14)27-18(15)22-17(25)5-9-23-7-2-8-24(11-10-23)19-21-6-12-26-19/h6,12H,1-5,7-11H2,(H,22,25). The van der Waals surface area contributed by atoms with Crippen LogP contribution in [-0.2, 0) is 17.6 Å². The zero-order chi connectivity index (χ0) is 18.6. The molecule has 2 aromatic heterocycles. The highest BCUT2D eigenvalue weighted by atomic mass is 32.1. The van der Waals surface area contributed by atoms with E-state index in [1.165, 1.54) is 4.88 Å². The average molecular weight is 402 g/mol. The van der Waals surface area contributed by atoms with Crippen molar-refractivity contribution in [2.75, 3.05) is 42.9 Å². The predicted molar refractivity (Wildman–Crippen MR) is 110 cm³/mol. The Morgan fingerprint density at radius 2 is 2.19 bits per heavy atom. The number of nitrogens with zero attached hydrogens (tertiary/aromatic N) is 4. The third-order valence-corrected chi connectivity index (χ3v) is 7.26. The zero-order valence-electron chi connectivity index (χ0n) is 15.2. The highest BCUT2D eigenvalue weighted by Gasteiger charge is 2.23. The van der Waals surface area contributed by atoms with Crippen LogP contribution < -0.4 is 10.2 Å². The van der Waals surface area contributed by atoms with Crippen molar-refractivity contribution in [1.82, 2.24) is 9.88 Å². The van der Waals surface area contributed by atoms with E-state index >= 15 is 0 Å². The molecule has 0 saturated carbocycles. The topological polar surface area (TPSA) is 72.3 Å². The molecule has 1 aliphatic heterocycles. The fraction of sp³-hybridized carbons (Fsp3) is 0.526. The number of thiophene rings is 1. The molecule has 2 aliphatic rings. The van der Waals surface area contributed by atoms with Gasteiger partial charge in [0.05, 0.1) is 5.56 Å². The quantitative estimate of drug-likeness (QED) is 0.833. The number of aryl methyl sites for hydroxylation is 1. The van der Waals surface area contributed by atoms with E-state index in [2.05, 4.69) is 26.2 Å². The third kappa shape index (κ3) is 4.15. The molecular weight excluding hydrogens is 378 g/mol. The lowest BCUT2D eigenvalue weighted by atomic mass is 10.1. The summed E-state index contributed by atoms with van der Waals surface area (Å²) in [6.45, 7) is 4.67. The van der Waals surface area contributed by atoms with Crippen molar-refractivity contribution in [3.05, 3.63) is 27.6 Å². The molecule has 4 rings (SSSR count). The van der Waals surface area contributed by atoms with Gasteiger partial charge in [-0.15, -0.1) is 22.7 Å². The van der Waals surface area contributed by atoms with Gasteiger partial charge in [-0.25, -0.2) is 4.98 Å². The van der Waals surface area contributed by atoms with Crippen LogP contribution in [0.1, 0.15) is 35.3 Å². The lowest BCUT2D eigenvalue weighted by Crippen LogP contribution is -2.32. The predicted octanol–water partition coefficient (Wildman–Crippen LogP) is 3.11. The molecule has 0 aromatic carbocycles. The van der Waals surface area contributed by atoms with E-state index in [4.69, 9.17) is 0 Å². The maximum absolute atomic E-state index is 12.4. The molecule has 0 bridgehead atoms. The Morgan fingerprint density at radius 3 is 3.00 bits per heavy atom. The molecule has 0 radical (unpaired) electrons. The second-order valence-corrected chi connectivity index (χ2v) is 8.95. The number of hydrogen-bond donors (Lipinski definition) is 1. The number of aromatic nitrogens is 1. The Morgan fingerprint density at radius 1 is 1.26 bits per heavy atom. The first-order valence-electron chi connectivity index (χ1n) is 9.46. The van der Waals surface area contributed by atoms with Crippen LogP contribution in [0, 0.1) is 11.3 Å². The summed E-state index contributed by atoms with van der Waals surface area (Å²) in [4.78, 5) is 22.8. The van der Waals surface area contributed by atoms with Crippen LogP contribution in [0.4, 0.5) is 10.1 Å². The van der Waals surface area contributed by atoms with Crippen LogP contribution >= 0.6 is 22.7 Å². The maximum Gasteiger partial charge on any atom is 0.226 e. The largest absolute Gasteiger partial charge is 0.347 e. The molecule has 0 atom stereocenters. The minimum Gasteiger partial charge on any atom is -0.347 e. The van der Waals surface area contributed by atoms with Crippen molar-refractivity contribution in [3.63, 3.8) is 0 Å². The molecule has 2 aromatic rings. The van der Waals surface area contributed by atoms with Crippen LogP contribution in [-0.4, -0.2) is 48.5 Å². The molecule has 0 unspecified atom stereocenters. The Kier molecular flexibility index (Phi) is 5.72. The van der Waals surface area contributed by atoms with Gasteiger partial charge in [-0.3, -0.25) is 4.79 Å². The van der Waals surface area contributed by atoms with Gasteiger partial charge < -0.3 is 15.1 Å². The van der Waals surface area contributed by atoms with Crippen molar-refractivity contribution in [2.45, 2.75) is 32.1 Å². The number of amides is 1. The fourth-order valence-corrected chi connectivity index (χ4v) is 5.77. The van der Waals surface area contributed by atoms with E-state index in [9.17, 15) is 10.1 Å². The number of nitriles is 1. The van der Waals surface area contributed by atoms with Crippen molar-refractivity contribution in [2.24, 2.45) is 0 Å². The summed E-state index contributed by atoms with van der Waals surface area (Å²) in [5, 5.41) is 16.3. The summed E-state index contributed by atoms with van der Waals surface area (Å²) in [6.07, 6.45) is 6.52. The summed E-state index contributed by atoms with van der Waals surface area (Å²) in [6, 6.07) is 2.29. The van der Waals surface area contributed by atoms with Gasteiger partial charge in [-0.1, -0.05) is 0 Å². The molecule has 142 valence electrons. The van der Waals surface area contributed by atoms with E-state index in [0.717, 1.165) is 74.1 Å². The van der Waals surface area contributed by atoms with Gasteiger partial charge in [0.25, 0.3) is 0 Å². The zero-order valence-corrected chi connectivity index (χ0v) is 16.9. The Labute approximate surface area is 167 Å². The van der Waals surface area contributed by atoms with Gasteiger partial charge in [0.2, 0.25) is 5.91 Å². The number of fused-ring (bicyclic) bond motifs is 1. The van der Waals surface area contributed by atoms with Gasteiger partial charge in [0, 0.05) is 49.1 Å². The molecular formula is C19H23N5OS2. The number of anilines is 2. The highest BCUT2D eigenvalue weighted by molar-refractivity contribution is 7.16. The minimum absolute atomic E-state index is 0.00690. The average Bonchev–Trinajstić information content (AvgIpc) is 3.36. The molecule has 1 aliphatic carbocycles. The van der Waals surface area contributed by atoms with E-state index in [0.29, 0.717) is 12.0 Å². The second-order valence-electron chi connectivity index (χ2n) is 6.97. The number of rotatable bonds is 5. The molecule has 1 saturated heterocycles. The van der Waals surface area contributed by atoms with Crippen LogP contribution in [0.3, 0.4) is 0 Å². The smallest absolute Gasteiger partial charge is 0.226 e. The monoisotopic (exact) mass is 401 g/mol. The van der Waals surface area contributed by atoms with Crippen LogP contribution in [0.5, 0.6) is 0 Å². The summed E-state index contributed by atoms with van der Waals surface area (Å²) >= 11 is 3.26. The Balaban J connectivity index is 1.28. The maximum atomic E-state index is 12.4. The lowest BCUT2D eigenvalue weighted by Gasteiger charge is -2.21. The van der Waals surface area contributed by atoms with Crippen molar-refractivity contribution in [3.8, 4) is 6.07 Å². The first-order valence-corrected chi connectivity index (χ1v) is 11.2. The van der Waals surface area contributed by atoms with Crippen LogP contribution in [0.25, 0.3) is 0 Å². The molecule has 1 fully saturated rings. The number of nitrogens with one attached hydrogen (secondary N) is 1. The second kappa shape index (κ2) is 8.38. The van der Waals surface area contributed by atoms with E-state index in [1.807, 2.05) is 11.6 Å². The van der Waals surface area contributed by atoms with Crippen molar-refractivity contribution < 1.29 is 4.79 Å². The molecule has 27 heavy (non-hydrogen) atoms. The molecule has 1 N–H and O–H groups in total. The number of carbonyl (C=O) groups is 1. The Hall–Kier alpha value is -1.95. The lowest BCUT2D eigenvalue weighted by molar-refractivity contribution is -0.116. The van der Waals surface area contributed by atoms with Gasteiger partial charge in [-0.05, 0) is 37.8 Å². The molecule has 3 heterocycles. The molecule has 1 amide bonds. The SMILES string of the molecule is N#Cc1c(NC(=O)CCN2CCCN(c3nccs3)CC2)sc2c1CCC2. The molecule has 0 spiro atoms. The van der Waals surface area contributed by atoms with Gasteiger partial charge in [0.1, 0.15) is 11.1 Å². The van der Waals surface area contributed by atoms with Gasteiger partial charge in [0.15, 0.2) is 5.13 Å². The minimum atomic E-state index is 0.00690. The van der Waals surface area contributed by atoms with Crippen molar-refractivity contribution in [1.29, 1.82) is 5.26 Å². The number of thiazole rings is 1. The van der Waals surface area contributed by atoms with E-state index < -0.39 is 0 Å². The van der Waals surface area contributed by atoms with Crippen LogP contribution in [0.15, 0.2) is 11.6 Å². The number of hydrogen-bond acceptors (Lipinski definition) is 7. The summed E-state index contributed by atoms with van der Waals surface area (Å²) in [5.41, 5.74) is 1.85. The van der Waals surface area contributed by atoms with Crippen LogP contribution in [0.2, 0.25) is 0 Å². The fourth-order valence-electron chi connectivity index (χ4n) is 3.82. The number of carbonyl (C=O) groups excluding carboxylic acids is 1. The Bertz CT molecular complexity index is 839. The summed E-state index contributed by atoms with van der Waals surface area (Å²) < 4.78 is 0. The summed E-state index contributed by atoms with van der Waals surface area (Å²) in [7, 11) is 0. The molecule has 6 nitrogen and oxygen atoms in total. The normalized spacial score (nSPS) is 17.4. The van der Waals surface area contributed by atoms with Gasteiger partial charge >= 0.3 is 0 Å². The first-order chi connectivity index (χ1) is 13.2. The molecule has 8 heteroatoms. The van der Waals surface area contributed by atoms with E-state index in [1.54, 1.807) is 22.7 Å². The highest BCUT2D eigenvalue weighted by Crippen LogP contribution is 2.38. The first kappa shape index (κ1) is 18.4. The summed E-state index contributed by atoms with van der Waals surface area (Å²) in [5.74, 6) is 0.00690.